The molecule has 0 bridgehead atoms. The smallest absolute Gasteiger partial charge is 0.00804 e. The third kappa shape index (κ3) is 17.8. The van der Waals surface area contributed by atoms with Gasteiger partial charge in [-0.05, 0) is 13.6 Å². The Balaban J connectivity index is 0.00000208. The van der Waals surface area contributed by atoms with Crippen molar-refractivity contribution in [3.05, 3.63) is 77.7 Å². The SMILES string of the molecule is CC.CCC(C)N(C)CCc1ccc(NB=C/C(=C/C=C\N(C)C)CCC2=CC=CNC2)cc1.CCNC. The first-order valence-corrected chi connectivity index (χ1v) is 14.4. The normalized spacial score (nSPS) is 13.6. The van der Waals surface area contributed by atoms with Gasteiger partial charge in [0, 0.05) is 0 Å². The molecular weight excluding hydrogens is 465 g/mol. The molecule has 1 aromatic rings. The first-order valence-electron chi connectivity index (χ1n) is 14.4. The minimum Gasteiger partial charge on any atom is -0.320 e. The van der Waals surface area contributed by atoms with Crippen molar-refractivity contribution in [2.45, 2.75) is 66.3 Å². The fourth-order valence-electron chi connectivity index (χ4n) is 3.39. The van der Waals surface area contributed by atoms with Gasteiger partial charge in [-0.15, -0.1) is 0 Å². The van der Waals surface area contributed by atoms with Crippen molar-refractivity contribution in [2.24, 2.45) is 0 Å². The molecule has 1 aromatic carbocycles. The number of nitrogens with one attached hydrogen (secondary N) is 3. The molecule has 212 valence electrons. The Hall–Kier alpha value is -2.57. The van der Waals surface area contributed by atoms with Crippen molar-refractivity contribution in [1.82, 2.24) is 20.4 Å². The third-order valence-electron chi connectivity index (χ3n) is 6.26. The van der Waals surface area contributed by atoms with E-state index in [0.29, 0.717) is 6.04 Å². The second-order valence-corrected chi connectivity index (χ2v) is 9.48. The van der Waals surface area contributed by atoms with Crippen LogP contribution in [0.1, 0.15) is 59.4 Å². The molecule has 6 heteroatoms. The van der Waals surface area contributed by atoms with Crippen molar-refractivity contribution < 1.29 is 0 Å². The first kappa shape index (κ1) is 35.4. The Morgan fingerprint density at radius 3 is 2.34 bits per heavy atom. The van der Waals surface area contributed by atoms with Crippen molar-refractivity contribution >= 4 is 18.7 Å². The van der Waals surface area contributed by atoms with E-state index in [1.807, 2.05) is 41.2 Å². The van der Waals surface area contributed by atoms with E-state index in [2.05, 4.69) is 121 Å². The van der Waals surface area contributed by atoms with Crippen molar-refractivity contribution in [3.8, 4) is 0 Å². The molecule has 38 heavy (non-hydrogen) atoms. The molecule has 3 N–H and O–H groups in total. The summed E-state index contributed by atoms with van der Waals surface area (Å²) in [4.78, 5) is 4.49. The molecule has 5 nitrogen and oxygen atoms in total. The zero-order chi connectivity index (χ0) is 28.6. The van der Waals surface area contributed by atoms with Crippen molar-refractivity contribution in [1.29, 1.82) is 0 Å². The van der Waals surface area contributed by atoms with Crippen LogP contribution < -0.4 is 15.9 Å². The van der Waals surface area contributed by atoms with Gasteiger partial charge in [0.1, 0.15) is 0 Å². The van der Waals surface area contributed by atoms with Crippen LogP contribution in [-0.4, -0.2) is 76.7 Å². The van der Waals surface area contributed by atoms with E-state index in [1.165, 1.54) is 23.1 Å². The van der Waals surface area contributed by atoms with Gasteiger partial charge in [-0.1, -0.05) is 20.8 Å². The van der Waals surface area contributed by atoms with Crippen LogP contribution in [0.25, 0.3) is 0 Å². The van der Waals surface area contributed by atoms with Gasteiger partial charge in [0.2, 0.25) is 0 Å². The fraction of sp³-hybridized carbons (Fsp3) is 0.531. The molecular formula is C32H56BN5. The summed E-state index contributed by atoms with van der Waals surface area (Å²) in [6.45, 7) is 13.7. The number of hydrogen-bond acceptors (Lipinski definition) is 5. The second-order valence-electron chi connectivity index (χ2n) is 9.48. The standard InChI is InChI=1S/C27H41BN4.C3H9N.C2H6/c1-6-23(2)32(5)20-17-24-13-15-27(16-14-24)30-28-21-25(10-8-19-31(3)4)11-12-26-9-7-18-29-22-26;1-3-4-2;1-2/h7-10,13-16,18-19,21,23,29-30H,6,11-12,17,20,22H2,1-5H3;4H,3H2,1-2H3;1-2H3/b19-8-,25-10+;;. The zero-order valence-electron chi connectivity index (χ0n) is 25.8. The molecule has 0 saturated carbocycles. The maximum atomic E-state index is 3.43. The summed E-state index contributed by atoms with van der Waals surface area (Å²) in [5.74, 6) is 2.18. The number of hydrogen-bond donors (Lipinski definition) is 3. The number of anilines is 1. The number of likely N-dealkylation sites (N-methyl/N-ethyl adjacent to an activating group) is 1. The summed E-state index contributed by atoms with van der Waals surface area (Å²) in [7, 11) is 10.3. The van der Waals surface area contributed by atoms with Crippen LogP contribution in [0.4, 0.5) is 5.69 Å². The van der Waals surface area contributed by atoms with E-state index in [-0.39, 0.29) is 0 Å². The number of dihydropyridines is 1. The van der Waals surface area contributed by atoms with E-state index in [1.54, 1.807) is 0 Å². The monoisotopic (exact) mass is 521 g/mol. The average molecular weight is 522 g/mol. The van der Waals surface area contributed by atoms with Crippen LogP contribution >= 0.6 is 0 Å². The quantitative estimate of drug-likeness (QED) is 0.211. The topological polar surface area (TPSA) is 42.6 Å². The van der Waals surface area contributed by atoms with Gasteiger partial charge in [-0.2, -0.15) is 0 Å². The Labute approximate surface area is 236 Å². The van der Waals surface area contributed by atoms with Crippen LogP contribution in [-0.2, 0) is 6.42 Å². The van der Waals surface area contributed by atoms with Gasteiger partial charge in [0.05, 0.1) is 0 Å². The minimum absolute atomic E-state index is 0.637. The Kier molecular flexibility index (Phi) is 22.0. The Morgan fingerprint density at radius 2 is 1.79 bits per heavy atom. The zero-order valence-corrected chi connectivity index (χ0v) is 25.8. The van der Waals surface area contributed by atoms with E-state index in [0.717, 1.165) is 44.6 Å². The van der Waals surface area contributed by atoms with Gasteiger partial charge >= 0.3 is 197 Å². The van der Waals surface area contributed by atoms with E-state index in [4.69, 9.17) is 0 Å². The first-order chi connectivity index (χ1) is 18.4. The molecule has 1 atom stereocenters. The molecule has 1 aliphatic heterocycles. The molecule has 0 spiro atoms. The van der Waals surface area contributed by atoms with Gasteiger partial charge in [0.15, 0.2) is 0 Å². The summed E-state index contributed by atoms with van der Waals surface area (Å²) in [5.41, 5.74) is 5.24. The molecule has 1 unspecified atom stereocenters. The molecule has 0 radical (unpaired) electrons. The Morgan fingerprint density at radius 1 is 1.11 bits per heavy atom. The predicted octanol–water partition coefficient (Wildman–Crippen LogP) is 5.87. The number of allylic oxidation sites excluding steroid dienone is 5. The van der Waals surface area contributed by atoms with E-state index in [9.17, 15) is 0 Å². The van der Waals surface area contributed by atoms with Gasteiger partial charge in [0.25, 0.3) is 0 Å². The van der Waals surface area contributed by atoms with Crippen molar-refractivity contribution in [2.75, 3.05) is 53.1 Å². The van der Waals surface area contributed by atoms with Gasteiger partial charge in [-0.3, -0.25) is 0 Å². The maximum absolute atomic E-state index is 3.43. The molecule has 0 saturated heterocycles. The number of rotatable bonds is 14. The van der Waals surface area contributed by atoms with Gasteiger partial charge in [-0.25, -0.2) is 0 Å². The minimum atomic E-state index is 0.637. The van der Waals surface area contributed by atoms with Crippen LogP contribution in [0.15, 0.2) is 72.1 Å². The summed E-state index contributed by atoms with van der Waals surface area (Å²) in [6.07, 6.45) is 17.0. The molecule has 0 amide bonds. The Bertz CT molecular complexity index is 851. The second kappa shape index (κ2) is 23.5. The maximum Gasteiger partial charge on any atom is -0.00804 e. The number of nitrogens with zero attached hydrogens (tertiary/aromatic N) is 2. The van der Waals surface area contributed by atoms with Crippen LogP contribution in [0, 0.1) is 0 Å². The van der Waals surface area contributed by atoms with Gasteiger partial charge < -0.3 is 5.32 Å². The van der Waals surface area contributed by atoms with Crippen LogP contribution in [0.5, 0.6) is 0 Å². The van der Waals surface area contributed by atoms with Crippen LogP contribution in [0.3, 0.4) is 0 Å². The summed E-state index contributed by atoms with van der Waals surface area (Å²) >= 11 is 0. The molecule has 0 aliphatic carbocycles. The van der Waals surface area contributed by atoms with E-state index >= 15 is 0 Å². The summed E-state index contributed by atoms with van der Waals surface area (Å²) in [5, 5.41) is 9.65. The fourth-order valence-corrected chi connectivity index (χ4v) is 3.39. The summed E-state index contributed by atoms with van der Waals surface area (Å²) < 4.78 is 0. The van der Waals surface area contributed by atoms with Crippen LogP contribution in [0.2, 0.25) is 0 Å². The van der Waals surface area contributed by atoms with E-state index < -0.39 is 0 Å². The number of benzene rings is 1. The molecule has 2 rings (SSSR count). The van der Waals surface area contributed by atoms with Crippen molar-refractivity contribution in [3.63, 3.8) is 0 Å². The molecule has 0 fully saturated rings. The molecule has 0 aromatic heterocycles. The average Bonchev–Trinajstić information content (AvgIpc) is 2.96. The largest absolute Gasteiger partial charge is 0.320 e. The summed E-state index contributed by atoms with van der Waals surface area (Å²) in [6, 6.07) is 9.44. The molecule has 1 heterocycles. The molecule has 1 aliphatic rings. The third-order valence-corrected chi connectivity index (χ3v) is 6.26. The predicted molar refractivity (Wildman–Crippen MR) is 174 cm³/mol.